The van der Waals surface area contributed by atoms with Crippen molar-refractivity contribution in [2.24, 2.45) is 0 Å². The Morgan fingerprint density at radius 3 is 2.85 bits per heavy atom. The second kappa shape index (κ2) is 6.73. The van der Waals surface area contributed by atoms with E-state index in [9.17, 15) is 9.90 Å². The molecular weight excluding hydrogens is 219 g/mol. The maximum absolute atomic E-state index is 10.1. The van der Waals surface area contributed by atoms with E-state index in [0.717, 1.165) is 9.27 Å². The molecular formula is C7H7NaO3S2. The minimum Gasteiger partial charge on any atom is -0.549 e. The van der Waals surface area contributed by atoms with Gasteiger partial charge >= 0.3 is 29.6 Å². The molecule has 0 N–H and O–H groups in total. The first-order valence-corrected chi connectivity index (χ1v) is 4.99. The Bertz CT molecular complexity index is 274. The predicted molar refractivity (Wildman–Crippen MR) is 46.6 cm³/mol. The molecule has 0 aliphatic heterocycles. The zero-order chi connectivity index (χ0) is 8.97. The SMILES string of the molecule is COc1ccc(SCC(=O)[O-])s1.[Na+]. The van der Waals surface area contributed by atoms with Crippen LogP contribution in [0.5, 0.6) is 5.06 Å². The molecule has 0 saturated carbocycles. The van der Waals surface area contributed by atoms with Crippen molar-refractivity contribution in [1.82, 2.24) is 0 Å². The number of thioether (sulfide) groups is 1. The van der Waals surface area contributed by atoms with Gasteiger partial charge in [-0.2, -0.15) is 0 Å². The van der Waals surface area contributed by atoms with E-state index < -0.39 is 5.97 Å². The molecule has 0 aliphatic rings. The molecule has 6 heteroatoms. The fourth-order valence-corrected chi connectivity index (χ4v) is 2.26. The van der Waals surface area contributed by atoms with Gasteiger partial charge in [-0.3, -0.25) is 0 Å². The first-order valence-electron chi connectivity index (χ1n) is 3.19. The van der Waals surface area contributed by atoms with E-state index in [1.165, 1.54) is 23.1 Å². The maximum Gasteiger partial charge on any atom is 1.00 e. The van der Waals surface area contributed by atoms with Gasteiger partial charge in [0.25, 0.3) is 0 Å². The molecule has 0 saturated heterocycles. The minimum atomic E-state index is -1.05. The summed E-state index contributed by atoms with van der Waals surface area (Å²) in [5.41, 5.74) is 0. The second-order valence-electron chi connectivity index (χ2n) is 1.94. The molecule has 0 radical (unpaired) electrons. The van der Waals surface area contributed by atoms with E-state index in [1.807, 2.05) is 12.1 Å². The van der Waals surface area contributed by atoms with Gasteiger partial charge in [-0.1, -0.05) is 11.3 Å². The standard InChI is InChI=1S/C7H8O3S2.Na/c1-10-6-2-3-7(12-6)11-4-5(8)9;/h2-3H,4H2,1H3,(H,8,9);/q;+1/p-1. The van der Waals surface area contributed by atoms with Crippen LogP contribution in [0.4, 0.5) is 0 Å². The molecule has 0 fully saturated rings. The van der Waals surface area contributed by atoms with Gasteiger partial charge in [-0.25, -0.2) is 0 Å². The van der Waals surface area contributed by atoms with Crippen LogP contribution in [0.2, 0.25) is 0 Å². The first kappa shape index (κ1) is 13.3. The van der Waals surface area contributed by atoms with Crippen molar-refractivity contribution in [1.29, 1.82) is 0 Å². The molecule has 0 unspecified atom stereocenters. The number of thiophene rings is 1. The summed E-state index contributed by atoms with van der Waals surface area (Å²) >= 11 is 2.67. The van der Waals surface area contributed by atoms with Crippen LogP contribution in [-0.4, -0.2) is 18.8 Å². The topological polar surface area (TPSA) is 49.4 Å². The third kappa shape index (κ3) is 4.93. The van der Waals surface area contributed by atoms with Crippen molar-refractivity contribution >= 4 is 29.1 Å². The Hall–Kier alpha value is 0.320. The van der Waals surface area contributed by atoms with Crippen molar-refractivity contribution in [2.45, 2.75) is 4.21 Å². The number of rotatable bonds is 4. The van der Waals surface area contributed by atoms with E-state index in [1.54, 1.807) is 7.11 Å². The van der Waals surface area contributed by atoms with Crippen molar-refractivity contribution in [2.75, 3.05) is 12.9 Å². The normalized spacial score (nSPS) is 9.00. The number of methoxy groups -OCH3 is 1. The van der Waals surface area contributed by atoms with Crippen LogP contribution in [0.15, 0.2) is 16.3 Å². The molecule has 0 spiro atoms. The van der Waals surface area contributed by atoms with Gasteiger partial charge < -0.3 is 14.6 Å². The van der Waals surface area contributed by atoms with Crippen LogP contribution in [-0.2, 0) is 4.79 Å². The largest absolute Gasteiger partial charge is 1.00 e. The fraction of sp³-hybridized carbons (Fsp3) is 0.286. The monoisotopic (exact) mass is 226 g/mol. The van der Waals surface area contributed by atoms with Crippen molar-refractivity contribution in [3.05, 3.63) is 12.1 Å². The summed E-state index contributed by atoms with van der Waals surface area (Å²) in [6.45, 7) is 0. The second-order valence-corrected chi connectivity index (χ2v) is 4.26. The third-order valence-corrected chi connectivity index (χ3v) is 3.34. The van der Waals surface area contributed by atoms with E-state index in [0.29, 0.717) is 0 Å². The zero-order valence-electron chi connectivity index (χ0n) is 7.40. The molecule has 0 atom stereocenters. The Kier molecular flexibility index (Phi) is 6.89. The Morgan fingerprint density at radius 1 is 1.69 bits per heavy atom. The van der Waals surface area contributed by atoms with Crippen molar-refractivity contribution in [3.8, 4) is 5.06 Å². The van der Waals surface area contributed by atoms with Crippen molar-refractivity contribution < 1.29 is 44.2 Å². The average Bonchev–Trinajstić information content (AvgIpc) is 2.48. The number of carbonyl (C=O) groups is 1. The number of carboxylic acid groups (broad SMARTS) is 1. The third-order valence-electron chi connectivity index (χ3n) is 1.09. The van der Waals surface area contributed by atoms with Gasteiger partial charge in [0.15, 0.2) is 5.06 Å². The molecule has 0 amide bonds. The van der Waals surface area contributed by atoms with Crippen LogP contribution in [0.3, 0.4) is 0 Å². The quantitative estimate of drug-likeness (QED) is 0.424. The molecule has 0 aliphatic carbocycles. The molecule has 13 heavy (non-hydrogen) atoms. The van der Waals surface area contributed by atoms with Gasteiger partial charge in [0.1, 0.15) is 0 Å². The molecule has 66 valence electrons. The van der Waals surface area contributed by atoms with Gasteiger partial charge in [0, 0.05) is 5.75 Å². The molecule has 3 nitrogen and oxygen atoms in total. The van der Waals surface area contributed by atoms with E-state index in [-0.39, 0.29) is 35.3 Å². The fourth-order valence-electron chi connectivity index (χ4n) is 0.621. The van der Waals surface area contributed by atoms with Gasteiger partial charge in [0.05, 0.1) is 17.3 Å². The number of ether oxygens (including phenoxy) is 1. The summed E-state index contributed by atoms with van der Waals surface area (Å²) in [6, 6.07) is 3.64. The number of hydrogen-bond donors (Lipinski definition) is 0. The maximum atomic E-state index is 10.1. The van der Waals surface area contributed by atoms with Crippen LogP contribution in [0, 0.1) is 0 Å². The van der Waals surface area contributed by atoms with Crippen LogP contribution in [0.25, 0.3) is 0 Å². The van der Waals surface area contributed by atoms with Gasteiger partial charge in [-0.15, -0.1) is 11.8 Å². The molecule has 0 aromatic carbocycles. The Morgan fingerprint density at radius 2 is 2.38 bits per heavy atom. The minimum absolute atomic E-state index is 0. The molecule has 1 heterocycles. The molecule has 1 rings (SSSR count). The van der Waals surface area contributed by atoms with Gasteiger partial charge in [0.2, 0.25) is 0 Å². The first-order chi connectivity index (χ1) is 5.72. The van der Waals surface area contributed by atoms with Gasteiger partial charge in [-0.05, 0) is 12.1 Å². The number of carboxylic acids is 1. The van der Waals surface area contributed by atoms with Crippen LogP contribution in [0.1, 0.15) is 0 Å². The van der Waals surface area contributed by atoms with Crippen LogP contribution >= 0.6 is 23.1 Å². The summed E-state index contributed by atoms with van der Waals surface area (Å²) in [7, 11) is 1.58. The average molecular weight is 226 g/mol. The zero-order valence-corrected chi connectivity index (χ0v) is 11.0. The van der Waals surface area contributed by atoms with Crippen LogP contribution < -0.4 is 39.4 Å². The summed E-state index contributed by atoms with van der Waals surface area (Å²) in [6.07, 6.45) is 0. The van der Waals surface area contributed by atoms with Crippen molar-refractivity contribution in [3.63, 3.8) is 0 Å². The smallest absolute Gasteiger partial charge is 0.549 e. The summed E-state index contributed by atoms with van der Waals surface area (Å²) in [5, 5.41) is 10.9. The summed E-state index contributed by atoms with van der Waals surface area (Å²) in [4.78, 5) is 10.1. The molecule has 1 aromatic rings. The van der Waals surface area contributed by atoms with E-state index in [4.69, 9.17) is 4.74 Å². The summed E-state index contributed by atoms with van der Waals surface area (Å²) < 4.78 is 5.87. The predicted octanol–water partition coefficient (Wildman–Crippen LogP) is -2.40. The van der Waals surface area contributed by atoms with E-state index in [2.05, 4.69) is 0 Å². The Labute approximate surface area is 107 Å². The number of carbonyl (C=O) groups excluding carboxylic acids is 1. The Balaban J connectivity index is 0.00000144. The molecule has 0 bridgehead atoms. The molecule has 1 aromatic heterocycles. The summed E-state index contributed by atoms with van der Waals surface area (Å²) in [5.74, 6) is -1.06. The number of aliphatic carboxylic acids is 1. The van der Waals surface area contributed by atoms with E-state index >= 15 is 0 Å². The number of hydrogen-bond acceptors (Lipinski definition) is 5.